The van der Waals surface area contributed by atoms with Gasteiger partial charge in [-0.1, -0.05) is 188 Å². The molecule has 4 saturated heterocycles. The summed E-state index contributed by atoms with van der Waals surface area (Å²) in [5.74, 6) is 0. The zero-order valence-corrected chi connectivity index (χ0v) is 56.7. The Morgan fingerprint density at radius 1 is 0.303 bits per heavy atom. The maximum atomic E-state index is 4.75. The van der Waals surface area contributed by atoms with E-state index in [4.69, 9.17) is 21.3 Å². The van der Waals surface area contributed by atoms with E-state index >= 15 is 0 Å². The Morgan fingerprint density at radius 2 is 0.424 bits per heavy atom. The van der Waals surface area contributed by atoms with Gasteiger partial charge in [0.15, 0.2) is 0 Å². The summed E-state index contributed by atoms with van der Waals surface area (Å²) in [6.07, 6.45) is 15.4. The van der Waals surface area contributed by atoms with Crippen LogP contribution in [0.2, 0.25) is 0 Å². The molecule has 4 aliphatic heterocycles. The summed E-state index contributed by atoms with van der Waals surface area (Å²) in [6, 6.07) is 13.0. The first-order valence-corrected chi connectivity index (χ1v) is 24.9. The van der Waals surface area contributed by atoms with Crippen molar-refractivity contribution in [2.75, 3.05) is 82.6 Å². The summed E-state index contributed by atoms with van der Waals surface area (Å²) >= 11 is 0. The maximum Gasteiger partial charge on any atom is 2.00 e. The van der Waals surface area contributed by atoms with E-state index in [-0.39, 0.29) is 150 Å². The Morgan fingerprint density at radius 3 is 0.485 bits per heavy atom. The molecule has 4 heterocycles. The van der Waals surface area contributed by atoms with Crippen LogP contribution in [0, 0.1) is 12.1 Å². The van der Waals surface area contributed by atoms with Gasteiger partial charge in [0.2, 0.25) is 0 Å². The summed E-state index contributed by atoms with van der Waals surface area (Å²) in [7, 11) is 17.5. The second-order valence-electron chi connectivity index (χ2n) is 25.2. The number of nitrogens with zero attached hydrogens (tertiary/aromatic N) is 4. The van der Waals surface area contributed by atoms with Crippen molar-refractivity contribution in [1.29, 1.82) is 0 Å². The average Bonchev–Trinajstić information content (AvgIpc) is 3.05. The molecule has 1 aromatic carbocycles. The molecule has 4 aliphatic rings. The second kappa shape index (κ2) is 38.1. The van der Waals surface area contributed by atoms with Crippen molar-refractivity contribution in [3.05, 3.63) is 57.7 Å². The van der Waals surface area contributed by atoms with Gasteiger partial charge in [-0.25, -0.2) is 0 Å². The molecule has 4 N–H and O–H groups in total. The van der Waals surface area contributed by atoms with Gasteiger partial charge in [0.1, 0.15) is 26.2 Å². The monoisotopic (exact) mass is 967 g/mol. The van der Waals surface area contributed by atoms with E-state index in [1.807, 2.05) is 24.3 Å². The van der Waals surface area contributed by atoms with E-state index < -0.39 is 0 Å². The van der Waals surface area contributed by atoms with Crippen LogP contribution in [0.1, 0.15) is 188 Å². The van der Waals surface area contributed by atoms with Crippen LogP contribution in [0.25, 0.3) is 21.3 Å². The fourth-order valence-corrected chi connectivity index (χ4v) is 8.84. The largest absolute Gasteiger partial charge is 2.00 e. The molecule has 12 heteroatoms. The van der Waals surface area contributed by atoms with Gasteiger partial charge >= 0.3 is 105 Å². The van der Waals surface area contributed by atoms with Crippen molar-refractivity contribution in [2.45, 2.75) is 232 Å². The van der Waals surface area contributed by atoms with Crippen LogP contribution < -0.4 is 78.7 Å². The van der Waals surface area contributed by atoms with Gasteiger partial charge in [-0.3, -0.25) is 24.3 Å². The van der Waals surface area contributed by atoms with E-state index in [2.05, 4.69) is 179 Å². The van der Waals surface area contributed by atoms with Gasteiger partial charge < -0.3 is 53.0 Å². The van der Waals surface area contributed by atoms with E-state index in [9.17, 15) is 0 Å². The first-order valence-electron chi connectivity index (χ1n) is 24.9. The third kappa shape index (κ3) is 51.3. The average molecular weight is 968 g/mol. The van der Waals surface area contributed by atoms with Gasteiger partial charge in [-0.2, -0.15) is 0 Å². The van der Waals surface area contributed by atoms with Crippen LogP contribution >= 0.6 is 0 Å². The van der Waals surface area contributed by atoms with Crippen molar-refractivity contribution < 1.29 is 78.7 Å². The van der Waals surface area contributed by atoms with Gasteiger partial charge in [0.25, 0.3) is 0 Å². The smallest absolute Gasteiger partial charge is 0.652 e. The standard InChI is InChI=1S/4C9H18N.2C6H16N2.C6H4.2Mg.2Na/c4*1-8(2)6-5-7-9(3,4)10-8;2*1-7(2)5-6-8(3)4;1-2-4-6-5-3-1;;;;/h4*5-7H2,1-4H3;2*5-6H2,1-4H3;1-2,5-6H;;;;/q4*-1;;;-2;2*+2;2*+1/p+4. The third-order valence-corrected chi connectivity index (χ3v) is 11.5. The van der Waals surface area contributed by atoms with Gasteiger partial charge in [0, 0.05) is 0 Å². The first kappa shape index (κ1) is 79.8. The van der Waals surface area contributed by atoms with E-state index in [0.29, 0.717) is 0 Å². The summed E-state index contributed by atoms with van der Waals surface area (Å²) < 4.78 is 0. The molecule has 0 amide bonds. The van der Waals surface area contributed by atoms with Crippen LogP contribution in [-0.2, 0) is 0 Å². The molecule has 0 unspecified atom stereocenters. The van der Waals surface area contributed by atoms with Crippen molar-refractivity contribution in [3.8, 4) is 0 Å². The number of rotatable bonds is 6. The molecule has 5 rings (SSSR count). The van der Waals surface area contributed by atoms with Crippen LogP contribution in [0.4, 0.5) is 0 Å². The van der Waals surface area contributed by atoms with E-state index in [1.165, 1.54) is 123 Å². The zero-order valence-electron chi connectivity index (χ0n) is 49.8. The number of benzene rings is 1. The Labute approximate surface area is 492 Å². The SMILES string of the molecule is CC1(C)CCCC(C)(C)[N-]1.CC1(C)CCCC(C)(C)[N-]1.CC1(C)CCCC(C)(C)[N-]1.CC1(C)CCCC(C)(C)[N-]1.C[NH+](C)CC[NH+](C)C.C[NH+](C)CC[NH+](C)C.[Mg+2].[Mg+2].[Na+].[Na+].[c-]1cc[c-]cc1. The fourth-order valence-electron chi connectivity index (χ4n) is 8.84. The number of piperidine rings is 4. The maximum absolute atomic E-state index is 4.75. The summed E-state index contributed by atoms with van der Waals surface area (Å²) in [5, 5.41) is 19.0. The quantitative estimate of drug-likeness (QED) is 0.247. The molecule has 8 nitrogen and oxygen atoms in total. The molecule has 66 heavy (non-hydrogen) atoms. The van der Waals surface area contributed by atoms with Crippen LogP contribution in [0.15, 0.2) is 24.3 Å². The van der Waals surface area contributed by atoms with E-state index in [0.717, 1.165) is 0 Å². The van der Waals surface area contributed by atoms with Crippen molar-refractivity contribution in [3.63, 3.8) is 0 Å². The molecule has 0 radical (unpaired) electrons. The Kier molecular flexibility index (Phi) is 46.0. The zero-order chi connectivity index (χ0) is 48.7. The molecule has 0 aliphatic carbocycles. The van der Waals surface area contributed by atoms with Gasteiger partial charge in [0.05, 0.1) is 56.4 Å². The second-order valence-corrected chi connectivity index (χ2v) is 25.2. The van der Waals surface area contributed by atoms with Crippen LogP contribution in [-0.4, -0.2) is 173 Å². The first-order chi connectivity index (χ1) is 27.9. The van der Waals surface area contributed by atoms with Crippen molar-refractivity contribution >= 4 is 46.1 Å². The topological polar surface area (TPSA) is 74.2 Å². The predicted octanol–water partition coefficient (Wildman–Crippen LogP) is 1.49. The number of nitrogens with one attached hydrogen (secondary N) is 4. The van der Waals surface area contributed by atoms with Crippen molar-refractivity contribution in [1.82, 2.24) is 0 Å². The summed E-state index contributed by atoms with van der Waals surface area (Å²) in [6.45, 7) is 40.7. The minimum atomic E-state index is 0. The molecule has 0 spiro atoms. The molecule has 370 valence electrons. The van der Waals surface area contributed by atoms with Gasteiger partial charge in [-0.15, -0.1) is 44.3 Å². The summed E-state index contributed by atoms with van der Waals surface area (Å²) in [5.41, 5.74) is 1.90. The Hall–Kier alpha value is 2.43. The van der Waals surface area contributed by atoms with Gasteiger partial charge in [-0.05, 0) is 0 Å². The summed E-state index contributed by atoms with van der Waals surface area (Å²) in [4.78, 5) is 6.13. The molecule has 0 saturated carbocycles. The van der Waals surface area contributed by atoms with Crippen LogP contribution in [0.3, 0.4) is 0 Å². The number of likely N-dealkylation sites (N-methyl/N-ethyl adjacent to an activating group) is 4. The minimum Gasteiger partial charge on any atom is -0.652 e. The van der Waals surface area contributed by atoms with E-state index in [1.54, 1.807) is 0 Å². The molecule has 0 bridgehead atoms. The molecule has 0 atom stereocenters. The molecular weight excluding hydrogens is 855 g/mol. The molecule has 0 aromatic heterocycles. The number of quaternary nitrogens is 4. The minimum absolute atomic E-state index is 0. The molecular formula is C54H112Mg2N8Na2+4. The Bertz CT molecular complexity index is 1010. The molecule has 4 fully saturated rings. The van der Waals surface area contributed by atoms with Crippen LogP contribution in [0.5, 0.6) is 0 Å². The van der Waals surface area contributed by atoms with Crippen molar-refractivity contribution in [2.24, 2.45) is 0 Å². The molecule has 1 aromatic rings. The number of hydrogen-bond acceptors (Lipinski definition) is 0. The fraction of sp³-hybridized carbons (Fsp3) is 0.889. The predicted molar refractivity (Wildman–Crippen MR) is 288 cm³/mol. The third-order valence-electron chi connectivity index (χ3n) is 11.5. The number of hydrogen-bond donors (Lipinski definition) is 4. The normalized spacial score (nSPS) is 21.6. The Balaban J connectivity index is -0.000000158.